The maximum absolute atomic E-state index is 12.1. The lowest BCUT2D eigenvalue weighted by molar-refractivity contribution is -0.0851. The average Bonchev–Trinajstić information content (AvgIpc) is 2.41. The van der Waals surface area contributed by atoms with E-state index < -0.39 is 11.2 Å². The molecule has 0 fully saturated rings. The molecule has 1 atom stereocenters. The normalized spacial score (nSPS) is 14.0. The number of benzene rings is 1. The van der Waals surface area contributed by atoms with Gasteiger partial charge in [0.15, 0.2) is 5.75 Å². The highest BCUT2D eigenvalue weighted by atomic mass is 35.5. The van der Waals surface area contributed by atoms with Gasteiger partial charge in [0.25, 0.3) is 0 Å². The van der Waals surface area contributed by atoms with Crippen molar-refractivity contribution in [3.8, 4) is 11.5 Å². The molecule has 1 rings (SSSR count). The number of ether oxygens (including phenoxy) is 2. The predicted octanol–water partition coefficient (Wildman–Crippen LogP) is 5.42. The summed E-state index contributed by atoms with van der Waals surface area (Å²) in [6.07, 6.45) is -3.81. The van der Waals surface area contributed by atoms with Gasteiger partial charge in [-0.05, 0) is 6.08 Å². The van der Waals surface area contributed by atoms with Crippen LogP contribution < -0.4 is 4.74 Å². The molecular weight excluding hydrogens is 380 g/mol. The van der Waals surface area contributed by atoms with Crippen molar-refractivity contribution in [2.45, 2.75) is 13.1 Å². The molecule has 3 nitrogen and oxygen atoms in total. The topological polar surface area (TPSA) is 38.7 Å². The molecule has 0 bridgehead atoms. The molecule has 0 aromatic heterocycles. The molecule has 0 aliphatic carbocycles. The van der Waals surface area contributed by atoms with Gasteiger partial charge in [0, 0.05) is 18.1 Å². The SMILES string of the molecule is CC(COCC=C(Cl)C(F)(F)F)COc1c(Cl)cc(O)cc1Cl. The lowest BCUT2D eigenvalue weighted by atomic mass is 10.2. The number of hydrogen-bond acceptors (Lipinski definition) is 3. The van der Waals surface area contributed by atoms with Gasteiger partial charge < -0.3 is 14.6 Å². The van der Waals surface area contributed by atoms with Crippen molar-refractivity contribution < 1.29 is 27.8 Å². The Morgan fingerprint density at radius 3 is 2.35 bits per heavy atom. The Hall–Kier alpha value is -0.820. The monoisotopic (exact) mass is 392 g/mol. The smallest absolute Gasteiger partial charge is 0.426 e. The molecule has 23 heavy (non-hydrogen) atoms. The van der Waals surface area contributed by atoms with E-state index in [1.165, 1.54) is 12.1 Å². The third-order valence-corrected chi connectivity index (χ3v) is 3.48. The first-order valence-electron chi connectivity index (χ1n) is 6.42. The lowest BCUT2D eigenvalue weighted by Crippen LogP contribution is -2.15. The van der Waals surface area contributed by atoms with E-state index in [1.807, 2.05) is 0 Å². The summed E-state index contributed by atoms with van der Waals surface area (Å²) in [6.45, 7) is 1.85. The Bertz CT molecular complexity index is 539. The first kappa shape index (κ1) is 20.2. The minimum Gasteiger partial charge on any atom is -0.508 e. The number of alkyl halides is 3. The van der Waals surface area contributed by atoms with Gasteiger partial charge in [-0.25, -0.2) is 0 Å². The third-order valence-electron chi connectivity index (χ3n) is 2.55. The molecule has 1 aromatic rings. The van der Waals surface area contributed by atoms with Crippen molar-refractivity contribution in [3.05, 3.63) is 33.3 Å². The van der Waals surface area contributed by atoms with Crippen LogP contribution in [-0.2, 0) is 4.74 Å². The standard InChI is InChI=1S/C14H14Cl3F3O3/c1-8(6-22-3-2-12(17)14(18,19)20)7-23-13-10(15)4-9(21)5-11(13)16/h2,4-5,8,21H,3,6-7H2,1H3. The van der Waals surface area contributed by atoms with Crippen molar-refractivity contribution in [2.75, 3.05) is 19.8 Å². The van der Waals surface area contributed by atoms with Gasteiger partial charge in [-0.15, -0.1) is 0 Å². The molecule has 0 spiro atoms. The van der Waals surface area contributed by atoms with Crippen LogP contribution in [0.1, 0.15) is 6.92 Å². The number of allylic oxidation sites excluding steroid dienone is 1. The minimum absolute atomic E-state index is 0.0861. The van der Waals surface area contributed by atoms with Crippen LogP contribution in [-0.4, -0.2) is 31.1 Å². The Kier molecular flexibility index (Phi) is 7.80. The summed E-state index contributed by atoms with van der Waals surface area (Å²) in [5.41, 5.74) is 0. The minimum atomic E-state index is -4.56. The quantitative estimate of drug-likeness (QED) is 0.629. The van der Waals surface area contributed by atoms with E-state index in [0.717, 1.165) is 6.08 Å². The molecule has 1 unspecified atom stereocenters. The number of hydrogen-bond donors (Lipinski definition) is 1. The number of aromatic hydroxyl groups is 1. The summed E-state index contributed by atoms with van der Waals surface area (Å²) in [5.74, 6) is 0.00376. The van der Waals surface area contributed by atoms with Gasteiger partial charge in [0.05, 0.1) is 29.9 Å². The molecular formula is C14H14Cl3F3O3. The Balaban J connectivity index is 2.40. The van der Waals surface area contributed by atoms with E-state index in [4.69, 9.17) is 44.3 Å². The maximum Gasteiger partial charge on any atom is 0.426 e. The summed E-state index contributed by atoms with van der Waals surface area (Å²) in [4.78, 5) is 0. The molecule has 0 aliphatic rings. The van der Waals surface area contributed by atoms with Crippen LogP contribution in [0.2, 0.25) is 10.0 Å². The highest BCUT2D eigenvalue weighted by Gasteiger charge is 2.31. The first-order valence-corrected chi connectivity index (χ1v) is 7.56. The molecule has 0 radical (unpaired) electrons. The van der Waals surface area contributed by atoms with E-state index in [9.17, 15) is 18.3 Å². The summed E-state index contributed by atoms with van der Waals surface area (Å²) in [5, 5.41) is 8.39. The van der Waals surface area contributed by atoms with Crippen LogP contribution in [0.15, 0.2) is 23.2 Å². The Morgan fingerprint density at radius 1 is 1.26 bits per heavy atom. The van der Waals surface area contributed by atoms with E-state index in [1.54, 1.807) is 6.92 Å². The van der Waals surface area contributed by atoms with Crippen molar-refractivity contribution in [1.82, 2.24) is 0 Å². The predicted molar refractivity (Wildman–Crippen MR) is 83.6 cm³/mol. The Morgan fingerprint density at radius 2 is 1.83 bits per heavy atom. The second-order valence-electron chi connectivity index (χ2n) is 4.74. The number of halogens is 6. The van der Waals surface area contributed by atoms with Crippen molar-refractivity contribution in [2.24, 2.45) is 5.92 Å². The third kappa shape index (κ3) is 7.08. The van der Waals surface area contributed by atoms with E-state index >= 15 is 0 Å². The Labute approximate surface area is 146 Å². The van der Waals surface area contributed by atoms with Crippen LogP contribution in [0, 0.1) is 5.92 Å². The molecule has 130 valence electrons. The highest BCUT2D eigenvalue weighted by Crippen LogP contribution is 2.36. The largest absolute Gasteiger partial charge is 0.508 e. The lowest BCUT2D eigenvalue weighted by Gasteiger charge is -2.15. The van der Waals surface area contributed by atoms with Crippen LogP contribution in [0.3, 0.4) is 0 Å². The fourth-order valence-corrected chi connectivity index (χ4v) is 2.12. The van der Waals surface area contributed by atoms with Crippen molar-refractivity contribution >= 4 is 34.8 Å². The van der Waals surface area contributed by atoms with Gasteiger partial charge >= 0.3 is 6.18 Å². The van der Waals surface area contributed by atoms with Crippen LogP contribution in [0.25, 0.3) is 0 Å². The van der Waals surface area contributed by atoms with Crippen LogP contribution in [0.4, 0.5) is 13.2 Å². The van der Waals surface area contributed by atoms with Crippen molar-refractivity contribution in [1.29, 1.82) is 0 Å². The van der Waals surface area contributed by atoms with Gasteiger partial charge in [-0.1, -0.05) is 41.7 Å². The van der Waals surface area contributed by atoms with E-state index in [0.29, 0.717) is 0 Å². The van der Waals surface area contributed by atoms with Crippen LogP contribution in [0.5, 0.6) is 11.5 Å². The summed E-state index contributed by atoms with van der Waals surface area (Å²) < 4.78 is 46.9. The number of rotatable bonds is 7. The highest BCUT2D eigenvalue weighted by molar-refractivity contribution is 6.37. The van der Waals surface area contributed by atoms with E-state index in [2.05, 4.69) is 0 Å². The second-order valence-corrected chi connectivity index (χ2v) is 5.96. The molecule has 0 saturated carbocycles. The fourth-order valence-electron chi connectivity index (χ4n) is 1.48. The van der Waals surface area contributed by atoms with Gasteiger partial charge in [0.2, 0.25) is 0 Å². The molecule has 0 aliphatic heterocycles. The summed E-state index contributed by atoms with van der Waals surface area (Å²) in [7, 11) is 0. The zero-order valence-corrected chi connectivity index (χ0v) is 14.2. The molecule has 9 heteroatoms. The fraction of sp³-hybridized carbons (Fsp3) is 0.429. The maximum atomic E-state index is 12.1. The number of phenolic OH excluding ortho intramolecular Hbond substituents is 1. The van der Waals surface area contributed by atoms with Gasteiger partial charge in [-0.2, -0.15) is 13.2 Å². The molecule has 0 amide bonds. The molecule has 0 saturated heterocycles. The van der Waals surface area contributed by atoms with Gasteiger partial charge in [-0.3, -0.25) is 0 Å². The van der Waals surface area contributed by atoms with Gasteiger partial charge in [0.1, 0.15) is 10.8 Å². The average molecular weight is 394 g/mol. The zero-order chi connectivity index (χ0) is 17.6. The number of phenols is 1. The summed E-state index contributed by atoms with van der Waals surface area (Å²) >= 11 is 16.8. The van der Waals surface area contributed by atoms with Crippen molar-refractivity contribution in [3.63, 3.8) is 0 Å². The molecule has 1 N–H and O–H groups in total. The molecule has 0 heterocycles. The first-order chi connectivity index (χ1) is 10.6. The van der Waals surface area contributed by atoms with E-state index in [-0.39, 0.29) is 47.3 Å². The molecule has 1 aromatic carbocycles. The summed E-state index contributed by atoms with van der Waals surface area (Å²) in [6, 6.07) is 2.57. The zero-order valence-electron chi connectivity index (χ0n) is 12.0. The second kappa shape index (κ2) is 8.87. The van der Waals surface area contributed by atoms with Crippen LogP contribution >= 0.6 is 34.8 Å².